The summed E-state index contributed by atoms with van der Waals surface area (Å²) in [7, 11) is 1.96. The molecule has 1 aromatic carbocycles. The quantitative estimate of drug-likeness (QED) is 0.840. The van der Waals surface area contributed by atoms with E-state index in [0.717, 1.165) is 32.7 Å². The van der Waals surface area contributed by atoms with Gasteiger partial charge < -0.3 is 15.2 Å². The molecule has 106 valence electrons. The molecule has 1 aliphatic rings. The maximum atomic E-state index is 9.30. The molecule has 1 fully saturated rings. The van der Waals surface area contributed by atoms with Crippen molar-refractivity contribution in [2.75, 3.05) is 33.3 Å². The number of hydrogen-bond donors (Lipinski definition) is 2. The third kappa shape index (κ3) is 4.20. The van der Waals surface area contributed by atoms with Gasteiger partial charge in [-0.05, 0) is 38.1 Å². The average molecular weight is 264 g/mol. The maximum absolute atomic E-state index is 9.30. The molecule has 19 heavy (non-hydrogen) atoms. The molecule has 2 unspecified atom stereocenters. The van der Waals surface area contributed by atoms with Crippen molar-refractivity contribution in [2.24, 2.45) is 0 Å². The van der Waals surface area contributed by atoms with Crippen LogP contribution in [0, 0.1) is 0 Å². The van der Waals surface area contributed by atoms with Gasteiger partial charge in [0.15, 0.2) is 0 Å². The van der Waals surface area contributed by atoms with E-state index in [1.54, 1.807) is 12.1 Å². The van der Waals surface area contributed by atoms with Crippen molar-refractivity contribution in [1.29, 1.82) is 0 Å². The molecule has 0 bridgehead atoms. The van der Waals surface area contributed by atoms with Gasteiger partial charge in [-0.3, -0.25) is 4.90 Å². The molecule has 4 heteroatoms. The monoisotopic (exact) mass is 264 g/mol. The third-order valence-corrected chi connectivity index (χ3v) is 3.69. The van der Waals surface area contributed by atoms with E-state index in [0.29, 0.717) is 17.9 Å². The molecular weight excluding hydrogens is 240 g/mol. The molecule has 4 nitrogen and oxygen atoms in total. The first-order valence-corrected chi connectivity index (χ1v) is 6.97. The van der Waals surface area contributed by atoms with E-state index in [1.165, 1.54) is 5.56 Å². The van der Waals surface area contributed by atoms with Crippen molar-refractivity contribution in [3.63, 3.8) is 0 Å². The molecule has 0 aliphatic carbocycles. The Morgan fingerprint density at radius 2 is 2.16 bits per heavy atom. The van der Waals surface area contributed by atoms with Gasteiger partial charge in [0.05, 0.1) is 12.7 Å². The lowest BCUT2D eigenvalue weighted by Gasteiger charge is -2.37. The van der Waals surface area contributed by atoms with Gasteiger partial charge in [-0.25, -0.2) is 0 Å². The molecule has 1 heterocycles. The molecule has 0 spiro atoms. The van der Waals surface area contributed by atoms with Crippen molar-refractivity contribution < 1.29 is 9.84 Å². The maximum Gasteiger partial charge on any atom is 0.115 e. The van der Waals surface area contributed by atoms with E-state index >= 15 is 0 Å². The lowest BCUT2D eigenvalue weighted by molar-refractivity contribution is -0.0386. The molecule has 1 aromatic rings. The molecular formula is C15H24N2O2. The fourth-order valence-corrected chi connectivity index (χ4v) is 2.60. The van der Waals surface area contributed by atoms with E-state index in [9.17, 15) is 5.11 Å². The highest BCUT2D eigenvalue weighted by Gasteiger charge is 2.23. The largest absolute Gasteiger partial charge is 0.508 e. The lowest BCUT2D eigenvalue weighted by Crippen LogP contribution is -2.50. The summed E-state index contributed by atoms with van der Waals surface area (Å²) >= 11 is 0. The average Bonchev–Trinajstić information content (AvgIpc) is 2.42. The number of phenolic OH excluding ortho intramolecular Hbond substituents is 1. The Hall–Kier alpha value is -1.10. The van der Waals surface area contributed by atoms with Gasteiger partial charge >= 0.3 is 0 Å². The van der Waals surface area contributed by atoms with Crippen LogP contribution in [0.4, 0.5) is 0 Å². The molecule has 2 N–H and O–H groups in total. The number of likely N-dealkylation sites (N-methyl/N-ethyl adjacent to an activating group) is 1. The van der Waals surface area contributed by atoms with E-state index < -0.39 is 0 Å². The molecule has 1 aliphatic heterocycles. The summed E-state index contributed by atoms with van der Waals surface area (Å²) < 4.78 is 5.73. The van der Waals surface area contributed by atoms with E-state index in [-0.39, 0.29) is 0 Å². The van der Waals surface area contributed by atoms with E-state index in [4.69, 9.17) is 4.74 Å². The van der Waals surface area contributed by atoms with Gasteiger partial charge in [-0.15, -0.1) is 0 Å². The van der Waals surface area contributed by atoms with Gasteiger partial charge in [0, 0.05) is 25.7 Å². The predicted octanol–water partition coefficient (Wildman–Crippen LogP) is 1.24. The van der Waals surface area contributed by atoms with Crippen molar-refractivity contribution in [3.8, 4) is 5.75 Å². The first-order valence-electron chi connectivity index (χ1n) is 6.97. The van der Waals surface area contributed by atoms with Gasteiger partial charge in [0.2, 0.25) is 0 Å². The normalized spacial score (nSPS) is 22.3. The number of aromatic hydroxyl groups is 1. The van der Waals surface area contributed by atoms with Crippen LogP contribution in [0.2, 0.25) is 0 Å². The highest BCUT2D eigenvalue weighted by atomic mass is 16.5. The molecule has 2 atom stereocenters. The van der Waals surface area contributed by atoms with E-state index in [1.807, 2.05) is 19.2 Å². The number of hydrogen-bond acceptors (Lipinski definition) is 4. The second kappa shape index (κ2) is 6.89. The number of ether oxygens (including phenoxy) is 1. The summed E-state index contributed by atoms with van der Waals surface area (Å²) in [5.74, 6) is 0.330. The van der Waals surface area contributed by atoms with Crippen LogP contribution in [0.1, 0.15) is 12.5 Å². The Bertz CT molecular complexity index is 378. The zero-order chi connectivity index (χ0) is 13.7. The zero-order valence-electron chi connectivity index (χ0n) is 11.8. The fourth-order valence-electron chi connectivity index (χ4n) is 2.60. The summed E-state index contributed by atoms with van der Waals surface area (Å²) in [4.78, 5) is 2.48. The Labute approximate surface area is 115 Å². The second-order valence-electron chi connectivity index (χ2n) is 5.27. The molecule has 0 aromatic heterocycles. The zero-order valence-corrected chi connectivity index (χ0v) is 11.8. The van der Waals surface area contributed by atoms with Crippen molar-refractivity contribution >= 4 is 0 Å². The van der Waals surface area contributed by atoms with Crippen LogP contribution in [0.3, 0.4) is 0 Å². The number of rotatable bonds is 5. The summed E-state index contributed by atoms with van der Waals surface area (Å²) in [6, 6.07) is 8.00. The number of morpholine rings is 1. The Balaban J connectivity index is 1.88. The topological polar surface area (TPSA) is 44.7 Å². The molecule has 1 saturated heterocycles. The van der Waals surface area contributed by atoms with Crippen molar-refractivity contribution in [3.05, 3.63) is 29.8 Å². The Kier molecular flexibility index (Phi) is 5.19. The third-order valence-electron chi connectivity index (χ3n) is 3.69. The molecule has 2 rings (SSSR count). The highest BCUT2D eigenvalue weighted by molar-refractivity contribution is 5.26. The minimum absolute atomic E-state index is 0.293. The van der Waals surface area contributed by atoms with Crippen molar-refractivity contribution in [2.45, 2.75) is 25.5 Å². The first-order chi connectivity index (χ1) is 9.19. The summed E-state index contributed by atoms with van der Waals surface area (Å²) in [5, 5.41) is 12.5. The standard InChI is InChI=1S/C15H24N2O2/c1-12(9-13-3-5-14(18)6-4-13)17-7-8-19-15(11-17)10-16-2/h3-6,12,15-16,18H,7-11H2,1-2H3. The van der Waals surface area contributed by atoms with Gasteiger partial charge in [0.25, 0.3) is 0 Å². The smallest absolute Gasteiger partial charge is 0.115 e. The van der Waals surface area contributed by atoms with Crippen LogP contribution in [-0.2, 0) is 11.2 Å². The second-order valence-corrected chi connectivity index (χ2v) is 5.27. The minimum atomic E-state index is 0.293. The molecule has 0 radical (unpaired) electrons. The minimum Gasteiger partial charge on any atom is -0.508 e. The predicted molar refractivity (Wildman–Crippen MR) is 76.5 cm³/mol. The molecule has 0 saturated carbocycles. The number of benzene rings is 1. The summed E-state index contributed by atoms with van der Waals surface area (Å²) in [6.45, 7) is 5.96. The van der Waals surface area contributed by atoms with Gasteiger partial charge in [0.1, 0.15) is 5.75 Å². The Morgan fingerprint density at radius 3 is 2.84 bits per heavy atom. The highest BCUT2D eigenvalue weighted by Crippen LogP contribution is 2.15. The summed E-state index contributed by atoms with van der Waals surface area (Å²) in [6.07, 6.45) is 1.30. The van der Waals surface area contributed by atoms with Gasteiger partial charge in [-0.2, -0.15) is 0 Å². The number of nitrogens with zero attached hydrogens (tertiary/aromatic N) is 1. The van der Waals surface area contributed by atoms with Crippen LogP contribution in [0.25, 0.3) is 0 Å². The first kappa shape index (κ1) is 14.3. The van der Waals surface area contributed by atoms with E-state index in [2.05, 4.69) is 17.1 Å². The van der Waals surface area contributed by atoms with Crippen LogP contribution >= 0.6 is 0 Å². The van der Waals surface area contributed by atoms with Crippen LogP contribution < -0.4 is 5.32 Å². The van der Waals surface area contributed by atoms with Crippen LogP contribution in [0.15, 0.2) is 24.3 Å². The fraction of sp³-hybridized carbons (Fsp3) is 0.600. The van der Waals surface area contributed by atoms with Crippen LogP contribution in [-0.4, -0.2) is 55.4 Å². The lowest BCUT2D eigenvalue weighted by atomic mass is 10.0. The van der Waals surface area contributed by atoms with Crippen LogP contribution in [0.5, 0.6) is 5.75 Å². The summed E-state index contributed by atoms with van der Waals surface area (Å²) in [5.41, 5.74) is 1.27. The van der Waals surface area contributed by atoms with Gasteiger partial charge in [-0.1, -0.05) is 12.1 Å². The molecule has 0 amide bonds. The SMILES string of the molecule is CNCC1CN(C(C)Cc2ccc(O)cc2)CCO1. The number of nitrogens with one attached hydrogen (secondary N) is 1. The Morgan fingerprint density at radius 1 is 1.42 bits per heavy atom. The number of phenols is 1. The van der Waals surface area contributed by atoms with Crippen molar-refractivity contribution in [1.82, 2.24) is 10.2 Å².